The number of nitrogens with one attached hydrogen (secondary N) is 2. The van der Waals surface area contributed by atoms with Gasteiger partial charge in [-0.1, -0.05) is 11.6 Å². The van der Waals surface area contributed by atoms with Crippen LogP contribution in [0, 0.1) is 5.92 Å². The number of hydrogen-bond acceptors (Lipinski definition) is 4. The number of rotatable bonds is 4. The summed E-state index contributed by atoms with van der Waals surface area (Å²) in [4.78, 5) is 7.24. The zero-order valence-corrected chi connectivity index (χ0v) is 13.9. The summed E-state index contributed by atoms with van der Waals surface area (Å²) in [6, 6.07) is 1.61. The van der Waals surface area contributed by atoms with Crippen LogP contribution in [-0.4, -0.2) is 49.4 Å². The third-order valence-electron chi connectivity index (χ3n) is 4.08. The maximum absolute atomic E-state index is 13.0. The zero-order chi connectivity index (χ0) is 15.7. The molecule has 8 heteroatoms. The van der Waals surface area contributed by atoms with Crippen LogP contribution in [0.5, 0.6) is 0 Å². The number of hydrogen-bond donors (Lipinski definition) is 2. The van der Waals surface area contributed by atoms with Crippen molar-refractivity contribution in [3.8, 4) is 0 Å². The highest BCUT2D eigenvalue weighted by molar-refractivity contribution is 7.89. The van der Waals surface area contributed by atoms with Gasteiger partial charge in [-0.25, -0.2) is 13.4 Å². The summed E-state index contributed by atoms with van der Waals surface area (Å²) in [5, 5.41) is 3.99. The van der Waals surface area contributed by atoms with Crippen LogP contribution in [0.3, 0.4) is 0 Å². The van der Waals surface area contributed by atoms with Gasteiger partial charge in [-0.15, -0.1) is 0 Å². The van der Waals surface area contributed by atoms with Crippen molar-refractivity contribution < 1.29 is 8.42 Å². The number of nitrogens with zero attached hydrogens (tertiary/aromatic N) is 2. The van der Waals surface area contributed by atoms with Gasteiger partial charge in [0.15, 0.2) is 0 Å². The minimum Gasteiger partial charge on any atom is -0.345 e. The van der Waals surface area contributed by atoms with Crippen molar-refractivity contribution in [2.24, 2.45) is 5.92 Å². The monoisotopic (exact) mass is 342 g/mol. The van der Waals surface area contributed by atoms with Gasteiger partial charge in [0, 0.05) is 25.5 Å². The summed E-state index contributed by atoms with van der Waals surface area (Å²) >= 11 is 6.17. The predicted octanol–water partition coefficient (Wildman–Crippen LogP) is 1.84. The summed E-state index contributed by atoms with van der Waals surface area (Å²) in [5.74, 6) is 0.340. The second-order valence-electron chi connectivity index (χ2n) is 5.60. The van der Waals surface area contributed by atoms with Crippen molar-refractivity contribution in [2.75, 3.05) is 26.7 Å². The van der Waals surface area contributed by atoms with Crippen molar-refractivity contribution in [1.82, 2.24) is 19.6 Å². The molecule has 120 valence electrons. The number of aromatic nitrogens is 2. The molecule has 3 rings (SSSR count). The molecule has 0 bridgehead atoms. The van der Waals surface area contributed by atoms with E-state index in [1.54, 1.807) is 16.6 Å². The molecule has 0 amide bonds. The lowest BCUT2D eigenvalue weighted by Gasteiger charge is -2.31. The molecule has 2 aromatic rings. The van der Waals surface area contributed by atoms with Crippen LogP contribution >= 0.6 is 11.6 Å². The summed E-state index contributed by atoms with van der Waals surface area (Å²) in [7, 11) is -1.68. The van der Waals surface area contributed by atoms with Crippen molar-refractivity contribution in [2.45, 2.75) is 17.7 Å². The molecule has 1 unspecified atom stereocenters. The second kappa shape index (κ2) is 6.16. The van der Waals surface area contributed by atoms with E-state index in [1.807, 2.05) is 7.05 Å². The van der Waals surface area contributed by atoms with Gasteiger partial charge in [-0.05, 0) is 38.4 Å². The van der Waals surface area contributed by atoms with Gasteiger partial charge in [-0.3, -0.25) is 0 Å². The maximum atomic E-state index is 13.0. The van der Waals surface area contributed by atoms with E-state index in [9.17, 15) is 8.42 Å². The second-order valence-corrected chi connectivity index (χ2v) is 7.91. The predicted molar refractivity (Wildman–Crippen MR) is 86.5 cm³/mol. The first-order valence-electron chi connectivity index (χ1n) is 7.30. The van der Waals surface area contributed by atoms with Gasteiger partial charge in [0.25, 0.3) is 0 Å². The fraction of sp³-hybridized carbons (Fsp3) is 0.500. The fourth-order valence-electron chi connectivity index (χ4n) is 3.03. The van der Waals surface area contributed by atoms with Crippen molar-refractivity contribution in [1.29, 1.82) is 0 Å². The standard InChI is InChI=1S/C14H19ClN4O2S/c1-16-7-10-3-2-6-19(9-10)22(20,21)12-8-18-14-13(12)11(15)4-5-17-14/h4-5,8,10,16H,2-3,6-7,9H2,1H3,(H,17,18). The third kappa shape index (κ3) is 2.74. The van der Waals surface area contributed by atoms with Gasteiger partial charge in [0.2, 0.25) is 10.0 Å². The van der Waals surface area contributed by atoms with Crippen molar-refractivity contribution >= 4 is 32.7 Å². The first-order valence-corrected chi connectivity index (χ1v) is 9.12. The molecule has 22 heavy (non-hydrogen) atoms. The molecule has 0 saturated carbocycles. The Morgan fingerprint density at radius 2 is 2.36 bits per heavy atom. The lowest BCUT2D eigenvalue weighted by Crippen LogP contribution is -2.42. The van der Waals surface area contributed by atoms with Crippen LogP contribution in [0.2, 0.25) is 5.02 Å². The molecule has 6 nitrogen and oxygen atoms in total. The Kier molecular flexibility index (Phi) is 4.40. The largest absolute Gasteiger partial charge is 0.345 e. The molecule has 1 aliphatic heterocycles. The van der Waals surface area contributed by atoms with Crippen LogP contribution in [0.25, 0.3) is 11.0 Å². The SMILES string of the molecule is CNCC1CCCN(S(=O)(=O)c2c[nH]c3nccc(Cl)c23)C1. The van der Waals surface area contributed by atoms with Gasteiger partial charge in [0.1, 0.15) is 10.5 Å². The zero-order valence-electron chi connectivity index (χ0n) is 12.3. The number of pyridine rings is 1. The van der Waals surface area contributed by atoms with Crippen LogP contribution in [0.15, 0.2) is 23.4 Å². The molecule has 0 radical (unpaired) electrons. The lowest BCUT2D eigenvalue weighted by atomic mass is 10.00. The first-order chi connectivity index (χ1) is 10.5. The van der Waals surface area contributed by atoms with Gasteiger partial charge in [0.05, 0.1) is 10.4 Å². The minimum atomic E-state index is -3.57. The van der Waals surface area contributed by atoms with E-state index < -0.39 is 10.0 Å². The molecule has 0 aromatic carbocycles. The van der Waals surface area contributed by atoms with E-state index >= 15 is 0 Å². The number of piperidine rings is 1. The van der Waals surface area contributed by atoms with E-state index in [0.717, 1.165) is 19.4 Å². The average Bonchev–Trinajstić information content (AvgIpc) is 2.94. The Hall–Kier alpha value is -1.15. The molecule has 1 aliphatic rings. The fourth-order valence-corrected chi connectivity index (χ4v) is 5.06. The van der Waals surface area contributed by atoms with E-state index in [2.05, 4.69) is 15.3 Å². The number of fused-ring (bicyclic) bond motifs is 1. The molecule has 0 aliphatic carbocycles. The topological polar surface area (TPSA) is 78.1 Å². The van der Waals surface area contributed by atoms with Crippen LogP contribution in [0.1, 0.15) is 12.8 Å². The van der Waals surface area contributed by atoms with Crippen LogP contribution in [-0.2, 0) is 10.0 Å². The molecule has 1 saturated heterocycles. The van der Waals surface area contributed by atoms with Gasteiger partial charge >= 0.3 is 0 Å². The summed E-state index contributed by atoms with van der Waals surface area (Å²) in [5.41, 5.74) is 0.495. The van der Waals surface area contributed by atoms with E-state index in [4.69, 9.17) is 11.6 Å². The van der Waals surface area contributed by atoms with Gasteiger partial charge in [-0.2, -0.15) is 4.31 Å². The highest BCUT2D eigenvalue weighted by atomic mass is 35.5. The first kappa shape index (κ1) is 15.7. The van der Waals surface area contributed by atoms with Crippen LogP contribution in [0.4, 0.5) is 0 Å². The van der Waals surface area contributed by atoms with E-state index in [-0.39, 0.29) is 4.90 Å². The number of H-pyrrole nitrogens is 1. The van der Waals surface area contributed by atoms with Crippen molar-refractivity contribution in [3.63, 3.8) is 0 Å². The molecule has 2 aromatic heterocycles. The third-order valence-corrected chi connectivity index (χ3v) is 6.28. The molecule has 1 fully saturated rings. The summed E-state index contributed by atoms with van der Waals surface area (Å²) < 4.78 is 27.5. The van der Waals surface area contributed by atoms with Crippen molar-refractivity contribution in [3.05, 3.63) is 23.5 Å². The molecule has 3 heterocycles. The Morgan fingerprint density at radius 1 is 1.55 bits per heavy atom. The smallest absolute Gasteiger partial charge is 0.245 e. The lowest BCUT2D eigenvalue weighted by molar-refractivity contribution is 0.263. The average molecular weight is 343 g/mol. The highest BCUT2D eigenvalue weighted by Gasteiger charge is 2.32. The minimum absolute atomic E-state index is 0.214. The number of halogens is 1. The molecule has 0 spiro atoms. The highest BCUT2D eigenvalue weighted by Crippen LogP contribution is 2.31. The normalized spacial score (nSPS) is 20.5. The maximum Gasteiger partial charge on any atom is 0.245 e. The Morgan fingerprint density at radius 3 is 3.14 bits per heavy atom. The molecular formula is C14H19ClN4O2S. The Labute approximate surface area is 134 Å². The molecule has 2 N–H and O–H groups in total. The number of aromatic amines is 1. The van der Waals surface area contributed by atoms with E-state index in [0.29, 0.717) is 35.1 Å². The Balaban J connectivity index is 1.98. The molecule has 1 atom stereocenters. The van der Waals surface area contributed by atoms with E-state index in [1.165, 1.54) is 6.20 Å². The summed E-state index contributed by atoms with van der Waals surface area (Å²) in [6.07, 6.45) is 4.96. The summed E-state index contributed by atoms with van der Waals surface area (Å²) in [6.45, 7) is 1.91. The molecular weight excluding hydrogens is 324 g/mol. The van der Waals surface area contributed by atoms with Gasteiger partial charge < -0.3 is 10.3 Å². The quantitative estimate of drug-likeness (QED) is 0.888. The number of sulfonamides is 1. The van der Waals surface area contributed by atoms with Crippen LogP contribution < -0.4 is 5.32 Å². The Bertz CT molecular complexity index is 772.